The highest BCUT2D eigenvalue weighted by Gasteiger charge is 2.83. The van der Waals surface area contributed by atoms with E-state index in [1.165, 1.54) is 0 Å². The Kier molecular flexibility index (Phi) is 0.831. The fourth-order valence-electron chi connectivity index (χ4n) is 3.98. The molecule has 3 fully saturated rings. The molecule has 66 valence electrons. The van der Waals surface area contributed by atoms with Crippen molar-refractivity contribution < 1.29 is 4.79 Å². The van der Waals surface area contributed by atoms with Gasteiger partial charge in [0.15, 0.2) is 0 Å². The third-order valence-corrected chi connectivity index (χ3v) is 4.82. The van der Waals surface area contributed by atoms with E-state index in [0.29, 0.717) is 28.4 Å². The van der Waals surface area contributed by atoms with E-state index in [-0.39, 0.29) is 0 Å². The fraction of sp³-hybridized carbons (Fsp3) is 0.909. The van der Waals surface area contributed by atoms with Crippen molar-refractivity contribution in [3.8, 4) is 0 Å². The first-order chi connectivity index (χ1) is 5.40. The first-order valence-corrected chi connectivity index (χ1v) is 4.94. The van der Waals surface area contributed by atoms with E-state index < -0.39 is 0 Å². The number of carbonyl (C=O) groups excluding carboxylic acids is 1. The molecular weight excluding hydrogens is 148 g/mol. The quantitative estimate of drug-likeness (QED) is 0.536. The van der Waals surface area contributed by atoms with Gasteiger partial charge in [-0.2, -0.15) is 0 Å². The van der Waals surface area contributed by atoms with Gasteiger partial charge < -0.3 is 0 Å². The van der Waals surface area contributed by atoms with E-state index in [9.17, 15) is 4.79 Å². The van der Waals surface area contributed by atoms with Crippen LogP contribution >= 0.6 is 0 Å². The largest absolute Gasteiger partial charge is 0.299 e. The topological polar surface area (TPSA) is 17.1 Å². The summed E-state index contributed by atoms with van der Waals surface area (Å²) in [5, 5.41) is 0. The Hall–Kier alpha value is -0.330. The van der Waals surface area contributed by atoms with E-state index in [4.69, 9.17) is 0 Å². The number of carbonyl (C=O) groups is 1. The van der Waals surface area contributed by atoms with E-state index in [1.54, 1.807) is 0 Å². The normalized spacial score (nSPS) is 56.2. The second kappa shape index (κ2) is 1.40. The first kappa shape index (κ1) is 7.11. The van der Waals surface area contributed by atoms with Crippen molar-refractivity contribution in [2.75, 3.05) is 0 Å². The van der Waals surface area contributed by atoms with E-state index in [1.807, 2.05) is 0 Å². The summed E-state index contributed by atoms with van der Waals surface area (Å²) in [6.07, 6.45) is 0. The van der Waals surface area contributed by atoms with Gasteiger partial charge >= 0.3 is 0 Å². The molecule has 3 aliphatic carbocycles. The van der Waals surface area contributed by atoms with Crippen LogP contribution in [0, 0.1) is 34.5 Å². The molecule has 0 aromatic carbocycles. The SMILES string of the molecule is CC1(C)C2C(=O)C3C(C21)C3(C)C. The summed E-state index contributed by atoms with van der Waals surface area (Å²) in [6.45, 7) is 9.02. The maximum atomic E-state index is 11.8. The predicted molar refractivity (Wildman–Crippen MR) is 46.5 cm³/mol. The zero-order valence-electron chi connectivity index (χ0n) is 8.22. The minimum absolute atomic E-state index is 0.353. The van der Waals surface area contributed by atoms with Gasteiger partial charge in [-0.25, -0.2) is 0 Å². The number of hydrogen-bond donors (Lipinski definition) is 0. The van der Waals surface area contributed by atoms with Crippen LogP contribution < -0.4 is 0 Å². The van der Waals surface area contributed by atoms with Crippen LogP contribution in [0.5, 0.6) is 0 Å². The molecule has 0 saturated heterocycles. The molecule has 1 nitrogen and oxygen atoms in total. The second-order valence-corrected chi connectivity index (χ2v) is 6.05. The molecule has 0 amide bonds. The van der Waals surface area contributed by atoms with Crippen LogP contribution in [-0.2, 0) is 4.79 Å². The standard InChI is InChI=1S/C11H16O/c1-10(2)5-6-8(11(6,3)4)9(12)7(5)10/h5-8H,1-4H3. The average Bonchev–Trinajstić information content (AvgIpc) is 2.48. The number of hydrogen-bond acceptors (Lipinski definition) is 1. The third-order valence-electron chi connectivity index (χ3n) is 4.82. The molecule has 0 aromatic heterocycles. The van der Waals surface area contributed by atoms with E-state index in [0.717, 1.165) is 11.8 Å². The van der Waals surface area contributed by atoms with Crippen molar-refractivity contribution in [2.45, 2.75) is 27.7 Å². The van der Waals surface area contributed by atoms with Gasteiger partial charge in [0.2, 0.25) is 0 Å². The number of Topliss-reactive ketones (excluding diaryl/α,β-unsaturated/α-hetero) is 1. The zero-order chi connectivity index (χ0) is 8.89. The molecule has 0 N–H and O–H groups in total. The van der Waals surface area contributed by atoms with Crippen LogP contribution in [0.4, 0.5) is 0 Å². The van der Waals surface area contributed by atoms with E-state index >= 15 is 0 Å². The summed E-state index contributed by atoms with van der Waals surface area (Å²) >= 11 is 0. The zero-order valence-corrected chi connectivity index (χ0v) is 8.22. The van der Waals surface area contributed by atoms with Gasteiger partial charge in [-0.15, -0.1) is 0 Å². The van der Waals surface area contributed by atoms with Crippen LogP contribution in [0.2, 0.25) is 0 Å². The number of rotatable bonds is 0. The molecule has 12 heavy (non-hydrogen) atoms. The fourth-order valence-corrected chi connectivity index (χ4v) is 3.98. The molecule has 4 atom stereocenters. The van der Waals surface area contributed by atoms with Crippen molar-refractivity contribution in [3.05, 3.63) is 0 Å². The van der Waals surface area contributed by atoms with Crippen LogP contribution in [0.1, 0.15) is 27.7 Å². The molecule has 0 radical (unpaired) electrons. The smallest absolute Gasteiger partial charge is 0.140 e. The molecule has 3 saturated carbocycles. The van der Waals surface area contributed by atoms with Crippen LogP contribution in [-0.4, -0.2) is 5.78 Å². The summed E-state index contributed by atoms with van der Waals surface area (Å²) < 4.78 is 0. The predicted octanol–water partition coefficient (Wildman–Crippen LogP) is 2.11. The molecule has 3 rings (SSSR count). The van der Waals surface area contributed by atoms with Crippen molar-refractivity contribution in [3.63, 3.8) is 0 Å². The number of ketones is 1. The second-order valence-electron chi connectivity index (χ2n) is 6.05. The van der Waals surface area contributed by atoms with Crippen molar-refractivity contribution in [1.29, 1.82) is 0 Å². The molecule has 4 unspecified atom stereocenters. The van der Waals surface area contributed by atoms with Gasteiger partial charge in [-0.1, -0.05) is 27.7 Å². The molecule has 0 spiro atoms. The molecule has 0 bridgehead atoms. The lowest BCUT2D eigenvalue weighted by Crippen LogP contribution is -2.11. The lowest BCUT2D eigenvalue weighted by atomic mass is 10.00. The highest BCUT2D eigenvalue weighted by atomic mass is 16.1. The van der Waals surface area contributed by atoms with Gasteiger partial charge in [0.1, 0.15) is 5.78 Å². The minimum atomic E-state index is 0.353. The van der Waals surface area contributed by atoms with Gasteiger partial charge in [0, 0.05) is 11.8 Å². The molecular formula is C11H16O. The van der Waals surface area contributed by atoms with Gasteiger partial charge in [-0.3, -0.25) is 4.79 Å². The Balaban J connectivity index is 2.00. The Morgan fingerprint density at radius 3 is 1.50 bits per heavy atom. The maximum Gasteiger partial charge on any atom is 0.140 e. The lowest BCUT2D eigenvalue weighted by molar-refractivity contribution is -0.122. The average molecular weight is 164 g/mol. The monoisotopic (exact) mass is 164 g/mol. The van der Waals surface area contributed by atoms with Crippen molar-refractivity contribution in [2.24, 2.45) is 34.5 Å². The number of fused-ring (bicyclic) bond motifs is 3. The van der Waals surface area contributed by atoms with Crippen LogP contribution in [0.15, 0.2) is 0 Å². The van der Waals surface area contributed by atoms with Gasteiger partial charge in [0.25, 0.3) is 0 Å². The van der Waals surface area contributed by atoms with Crippen molar-refractivity contribution >= 4 is 5.78 Å². The van der Waals surface area contributed by atoms with Gasteiger partial charge in [0.05, 0.1) is 0 Å². The summed E-state index contributed by atoms with van der Waals surface area (Å²) in [5.74, 6) is 2.95. The molecule has 3 aliphatic rings. The summed E-state index contributed by atoms with van der Waals surface area (Å²) in [6, 6.07) is 0. The Bertz CT molecular complexity index is 259. The van der Waals surface area contributed by atoms with Crippen LogP contribution in [0.25, 0.3) is 0 Å². The summed E-state index contributed by atoms with van der Waals surface area (Å²) in [7, 11) is 0. The Morgan fingerprint density at radius 1 is 0.917 bits per heavy atom. The Labute approximate surface area is 73.5 Å². The molecule has 1 heteroatoms. The maximum absolute atomic E-state index is 11.8. The molecule has 0 heterocycles. The molecule has 0 aromatic rings. The van der Waals surface area contributed by atoms with E-state index in [2.05, 4.69) is 27.7 Å². The lowest BCUT2D eigenvalue weighted by Gasteiger charge is -2.03. The molecule has 0 aliphatic heterocycles. The van der Waals surface area contributed by atoms with Crippen molar-refractivity contribution in [1.82, 2.24) is 0 Å². The summed E-state index contributed by atoms with van der Waals surface area (Å²) in [4.78, 5) is 11.8. The highest BCUT2D eigenvalue weighted by molar-refractivity contribution is 5.95. The first-order valence-electron chi connectivity index (χ1n) is 4.94. The van der Waals surface area contributed by atoms with Gasteiger partial charge in [-0.05, 0) is 22.7 Å². The minimum Gasteiger partial charge on any atom is -0.299 e. The Morgan fingerprint density at radius 2 is 1.25 bits per heavy atom. The highest BCUT2D eigenvalue weighted by Crippen LogP contribution is 2.82. The van der Waals surface area contributed by atoms with Crippen LogP contribution in [0.3, 0.4) is 0 Å². The summed E-state index contributed by atoms with van der Waals surface area (Å²) in [5.41, 5.74) is 0.706. The third kappa shape index (κ3) is 0.462.